The number of nitrogens with zero attached hydrogens (tertiary/aromatic N) is 3. The fraction of sp³-hybridized carbons (Fsp3) is 0.529. The number of likely N-dealkylation sites (tertiary alicyclic amines) is 1. The van der Waals surface area contributed by atoms with Crippen LogP contribution in [-0.4, -0.2) is 54.1 Å². The van der Waals surface area contributed by atoms with Crippen LogP contribution in [0.4, 0.5) is 14.6 Å². The van der Waals surface area contributed by atoms with Gasteiger partial charge < -0.3 is 10.1 Å². The van der Waals surface area contributed by atoms with E-state index in [0.717, 1.165) is 41.1 Å². The molecule has 1 saturated heterocycles. The fourth-order valence-corrected chi connectivity index (χ4v) is 3.03. The maximum atomic E-state index is 12.4. The van der Waals surface area contributed by atoms with Crippen molar-refractivity contribution in [3.63, 3.8) is 0 Å². The standard InChI is InChI=1S/C17H22F2N4O/c1-11-17(21-12-5-7-23(8-6-12)10-16(18)19)22-14-4-3-13(24-2)9-15(14)20-11/h3-4,9,12,16H,5-8,10H2,1-2H3,(H,21,22). The van der Waals surface area contributed by atoms with Gasteiger partial charge in [0.15, 0.2) is 0 Å². The molecule has 1 N–H and O–H groups in total. The Bertz CT molecular complexity index is 702. The fourth-order valence-electron chi connectivity index (χ4n) is 3.03. The van der Waals surface area contributed by atoms with E-state index in [1.807, 2.05) is 30.0 Å². The number of alkyl halides is 2. The number of piperidine rings is 1. The molecular weight excluding hydrogens is 314 g/mol. The van der Waals surface area contributed by atoms with Gasteiger partial charge in [-0.3, -0.25) is 4.90 Å². The highest BCUT2D eigenvalue weighted by Gasteiger charge is 2.22. The first-order valence-electron chi connectivity index (χ1n) is 8.14. The topological polar surface area (TPSA) is 50.3 Å². The molecule has 5 nitrogen and oxygen atoms in total. The molecule has 1 fully saturated rings. The Morgan fingerprint density at radius 2 is 2.00 bits per heavy atom. The third-order valence-electron chi connectivity index (χ3n) is 4.37. The number of rotatable bonds is 5. The number of hydrogen-bond donors (Lipinski definition) is 1. The van der Waals surface area contributed by atoms with Crippen molar-refractivity contribution in [1.82, 2.24) is 14.9 Å². The zero-order chi connectivity index (χ0) is 17.1. The molecule has 0 unspecified atom stereocenters. The van der Waals surface area contributed by atoms with Gasteiger partial charge in [0.25, 0.3) is 6.43 Å². The van der Waals surface area contributed by atoms with Crippen molar-refractivity contribution < 1.29 is 13.5 Å². The first-order chi connectivity index (χ1) is 11.5. The van der Waals surface area contributed by atoms with Crippen molar-refractivity contribution in [2.75, 3.05) is 32.1 Å². The minimum absolute atomic E-state index is 0.136. The smallest absolute Gasteiger partial charge is 0.251 e. The van der Waals surface area contributed by atoms with Gasteiger partial charge in [-0.1, -0.05) is 0 Å². The van der Waals surface area contributed by atoms with Crippen molar-refractivity contribution in [2.24, 2.45) is 0 Å². The molecule has 2 heterocycles. The molecule has 1 aliphatic rings. The first kappa shape index (κ1) is 16.8. The molecule has 0 saturated carbocycles. The average Bonchev–Trinajstić information content (AvgIpc) is 2.56. The van der Waals surface area contributed by atoms with E-state index >= 15 is 0 Å². The highest BCUT2D eigenvalue weighted by molar-refractivity contribution is 5.78. The predicted octanol–water partition coefficient (Wildman–Crippen LogP) is 3.09. The largest absolute Gasteiger partial charge is 0.497 e. The van der Waals surface area contributed by atoms with E-state index in [2.05, 4.69) is 15.3 Å². The monoisotopic (exact) mass is 336 g/mol. The minimum Gasteiger partial charge on any atom is -0.497 e. The van der Waals surface area contributed by atoms with Gasteiger partial charge in [0.1, 0.15) is 11.6 Å². The summed E-state index contributed by atoms with van der Waals surface area (Å²) in [6, 6.07) is 5.85. The summed E-state index contributed by atoms with van der Waals surface area (Å²) in [5.41, 5.74) is 2.42. The summed E-state index contributed by atoms with van der Waals surface area (Å²) in [4.78, 5) is 11.1. The third-order valence-corrected chi connectivity index (χ3v) is 4.37. The van der Waals surface area contributed by atoms with Crippen molar-refractivity contribution in [3.8, 4) is 5.75 Å². The number of hydrogen-bond acceptors (Lipinski definition) is 5. The highest BCUT2D eigenvalue weighted by atomic mass is 19.3. The molecule has 3 rings (SSSR count). The van der Waals surface area contributed by atoms with Crippen molar-refractivity contribution >= 4 is 16.9 Å². The lowest BCUT2D eigenvalue weighted by Gasteiger charge is -2.32. The maximum Gasteiger partial charge on any atom is 0.251 e. The molecule has 1 aliphatic heterocycles. The number of aryl methyl sites for hydroxylation is 1. The van der Waals surface area contributed by atoms with E-state index in [1.54, 1.807) is 7.11 Å². The zero-order valence-electron chi connectivity index (χ0n) is 13.9. The summed E-state index contributed by atoms with van der Waals surface area (Å²) < 4.78 is 30.1. The van der Waals surface area contributed by atoms with Gasteiger partial charge in [-0.25, -0.2) is 18.7 Å². The summed E-state index contributed by atoms with van der Waals surface area (Å²) >= 11 is 0. The van der Waals surface area contributed by atoms with Gasteiger partial charge in [-0.05, 0) is 31.9 Å². The van der Waals surface area contributed by atoms with Gasteiger partial charge in [-0.15, -0.1) is 0 Å². The van der Waals surface area contributed by atoms with E-state index in [-0.39, 0.29) is 12.6 Å². The Labute approximate surface area is 140 Å². The van der Waals surface area contributed by atoms with Crippen LogP contribution in [0.3, 0.4) is 0 Å². The lowest BCUT2D eigenvalue weighted by atomic mass is 10.0. The van der Waals surface area contributed by atoms with Crippen LogP contribution in [0.25, 0.3) is 11.0 Å². The second kappa shape index (κ2) is 7.25. The summed E-state index contributed by atoms with van der Waals surface area (Å²) in [6.07, 6.45) is -0.608. The Morgan fingerprint density at radius 3 is 2.67 bits per heavy atom. The van der Waals surface area contributed by atoms with E-state index in [9.17, 15) is 8.78 Å². The number of halogens is 2. The van der Waals surface area contributed by atoms with Gasteiger partial charge in [0, 0.05) is 25.2 Å². The van der Waals surface area contributed by atoms with E-state index in [1.165, 1.54) is 0 Å². The van der Waals surface area contributed by atoms with Gasteiger partial charge in [0.05, 0.1) is 30.4 Å². The lowest BCUT2D eigenvalue weighted by molar-refractivity contribution is 0.0769. The summed E-state index contributed by atoms with van der Waals surface area (Å²) in [7, 11) is 1.62. The molecule has 0 bridgehead atoms. The number of methoxy groups -OCH3 is 1. The Hall–Kier alpha value is -2.02. The van der Waals surface area contributed by atoms with Crippen LogP contribution in [-0.2, 0) is 0 Å². The molecule has 7 heteroatoms. The van der Waals surface area contributed by atoms with Gasteiger partial charge in [-0.2, -0.15) is 0 Å². The highest BCUT2D eigenvalue weighted by Crippen LogP contribution is 2.23. The molecule has 24 heavy (non-hydrogen) atoms. The number of benzene rings is 1. The average molecular weight is 336 g/mol. The number of ether oxygens (including phenoxy) is 1. The van der Waals surface area contributed by atoms with Crippen LogP contribution in [0.15, 0.2) is 18.2 Å². The zero-order valence-corrected chi connectivity index (χ0v) is 13.9. The Kier molecular flexibility index (Phi) is 5.08. The number of nitrogens with one attached hydrogen (secondary N) is 1. The second-order valence-electron chi connectivity index (χ2n) is 6.12. The van der Waals surface area contributed by atoms with Crippen molar-refractivity contribution in [3.05, 3.63) is 23.9 Å². The maximum absolute atomic E-state index is 12.4. The summed E-state index contributed by atoms with van der Waals surface area (Å²) in [5, 5.41) is 3.42. The molecule has 1 aromatic carbocycles. The quantitative estimate of drug-likeness (QED) is 0.909. The van der Waals surface area contributed by atoms with Gasteiger partial charge in [0.2, 0.25) is 0 Å². The molecule has 0 amide bonds. The Morgan fingerprint density at radius 1 is 1.25 bits per heavy atom. The van der Waals surface area contributed by atoms with Crippen LogP contribution in [0.2, 0.25) is 0 Å². The molecule has 130 valence electrons. The van der Waals surface area contributed by atoms with Crippen LogP contribution < -0.4 is 10.1 Å². The van der Waals surface area contributed by atoms with E-state index in [0.29, 0.717) is 13.1 Å². The molecule has 0 radical (unpaired) electrons. The third kappa shape index (κ3) is 3.90. The molecule has 1 aromatic heterocycles. The van der Waals surface area contributed by atoms with Crippen LogP contribution >= 0.6 is 0 Å². The van der Waals surface area contributed by atoms with E-state index in [4.69, 9.17) is 4.74 Å². The van der Waals surface area contributed by atoms with Gasteiger partial charge >= 0.3 is 0 Å². The lowest BCUT2D eigenvalue weighted by Crippen LogP contribution is -2.41. The molecular formula is C17H22F2N4O. The number of aromatic nitrogens is 2. The Balaban J connectivity index is 1.68. The van der Waals surface area contributed by atoms with Crippen molar-refractivity contribution in [1.29, 1.82) is 0 Å². The molecule has 0 spiro atoms. The molecule has 2 aromatic rings. The van der Waals surface area contributed by atoms with Crippen LogP contribution in [0, 0.1) is 6.92 Å². The van der Waals surface area contributed by atoms with Crippen molar-refractivity contribution in [2.45, 2.75) is 32.2 Å². The second-order valence-corrected chi connectivity index (χ2v) is 6.12. The molecule has 0 aliphatic carbocycles. The number of fused-ring (bicyclic) bond motifs is 1. The van der Waals surface area contributed by atoms with E-state index < -0.39 is 6.43 Å². The normalized spacial score (nSPS) is 16.7. The SMILES string of the molecule is COc1ccc2nc(NC3CCN(CC(F)F)CC3)c(C)nc2c1. The minimum atomic E-state index is -2.26. The number of anilines is 1. The van der Waals surface area contributed by atoms with Crippen LogP contribution in [0.1, 0.15) is 18.5 Å². The predicted molar refractivity (Wildman–Crippen MR) is 89.9 cm³/mol. The first-order valence-corrected chi connectivity index (χ1v) is 8.14. The van der Waals surface area contributed by atoms with Crippen LogP contribution in [0.5, 0.6) is 5.75 Å². The summed E-state index contributed by atoms with van der Waals surface area (Å²) in [5.74, 6) is 1.52. The summed E-state index contributed by atoms with van der Waals surface area (Å²) in [6.45, 7) is 3.14. The molecule has 0 atom stereocenters.